The van der Waals surface area contributed by atoms with Crippen LogP contribution in [-0.4, -0.2) is 28.7 Å². The fourth-order valence-corrected chi connectivity index (χ4v) is 4.44. The standard InChI is InChI=1S/C23H19BrN2O3S/c1-15-4-6-16(7-5-15)22(28)25(14-19-3-2-12-30-19)20-13-21(27)26(23(20)29)18-10-8-17(24)9-11-18/h2-12,20H,13-14H2,1H3. The molecule has 1 atom stereocenters. The summed E-state index contributed by atoms with van der Waals surface area (Å²) < 4.78 is 0.857. The van der Waals surface area contributed by atoms with Gasteiger partial charge in [-0.25, -0.2) is 4.90 Å². The second kappa shape index (κ2) is 8.53. The van der Waals surface area contributed by atoms with Gasteiger partial charge in [0.2, 0.25) is 5.91 Å². The predicted molar refractivity (Wildman–Crippen MR) is 120 cm³/mol. The molecule has 152 valence electrons. The maximum absolute atomic E-state index is 13.4. The zero-order valence-corrected chi connectivity index (χ0v) is 18.7. The first-order valence-electron chi connectivity index (χ1n) is 9.46. The van der Waals surface area contributed by atoms with Gasteiger partial charge in [-0.3, -0.25) is 14.4 Å². The summed E-state index contributed by atoms with van der Waals surface area (Å²) in [7, 11) is 0. The van der Waals surface area contributed by atoms with Crippen LogP contribution in [-0.2, 0) is 16.1 Å². The second-order valence-electron chi connectivity index (χ2n) is 7.14. The minimum atomic E-state index is -0.836. The summed E-state index contributed by atoms with van der Waals surface area (Å²) in [5.74, 6) is -0.938. The van der Waals surface area contributed by atoms with Crippen molar-refractivity contribution in [2.24, 2.45) is 0 Å². The number of halogens is 1. The van der Waals surface area contributed by atoms with E-state index < -0.39 is 6.04 Å². The van der Waals surface area contributed by atoms with Gasteiger partial charge in [-0.1, -0.05) is 39.7 Å². The number of imide groups is 1. The Balaban J connectivity index is 1.67. The van der Waals surface area contributed by atoms with Crippen LogP contribution in [0.1, 0.15) is 27.2 Å². The molecule has 2 heterocycles. The van der Waals surface area contributed by atoms with E-state index in [1.807, 2.05) is 36.6 Å². The highest BCUT2D eigenvalue weighted by atomic mass is 79.9. The lowest BCUT2D eigenvalue weighted by Crippen LogP contribution is -2.45. The van der Waals surface area contributed by atoms with E-state index in [1.54, 1.807) is 36.4 Å². The van der Waals surface area contributed by atoms with Crippen LogP contribution in [0.2, 0.25) is 0 Å². The molecule has 0 aliphatic carbocycles. The van der Waals surface area contributed by atoms with Gasteiger partial charge in [-0.2, -0.15) is 0 Å². The number of thiophene rings is 1. The summed E-state index contributed by atoms with van der Waals surface area (Å²) in [4.78, 5) is 43.0. The van der Waals surface area contributed by atoms with E-state index >= 15 is 0 Å². The number of benzene rings is 2. The van der Waals surface area contributed by atoms with Crippen molar-refractivity contribution in [1.82, 2.24) is 4.90 Å². The van der Waals surface area contributed by atoms with Crippen molar-refractivity contribution in [2.75, 3.05) is 4.90 Å². The van der Waals surface area contributed by atoms with Gasteiger partial charge in [-0.15, -0.1) is 11.3 Å². The summed E-state index contributed by atoms with van der Waals surface area (Å²) in [5, 5.41) is 1.93. The van der Waals surface area contributed by atoms with Crippen molar-refractivity contribution in [1.29, 1.82) is 0 Å². The van der Waals surface area contributed by atoms with Crippen LogP contribution >= 0.6 is 27.3 Å². The van der Waals surface area contributed by atoms with Gasteiger partial charge in [0.15, 0.2) is 0 Å². The number of aryl methyl sites for hydroxylation is 1. The fourth-order valence-electron chi connectivity index (χ4n) is 3.48. The lowest BCUT2D eigenvalue weighted by molar-refractivity contribution is -0.122. The van der Waals surface area contributed by atoms with Crippen molar-refractivity contribution in [3.8, 4) is 0 Å². The lowest BCUT2D eigenvalue weighted by atomic mass is 10.1. The quantitative estimate of drug-likeness (QED) is 0.491. The molecule has 2 aromatic carbocycles. The van der Waals surface area contributed by atoms with E-state index in [-0.39, 0.29) is 30.7 Å². The van der Waals surface area contributed by atoms with Crippen molar-refractivity contribution in [3.63, 3.8) is 0 Å². The molecule has 4 rings (SSSR count). The number of nitrogens with zero attached hydrogens (tertiary/aromatic N) is 2. The van der Waals surface area contributed by atoms with Crippen LogP contribution in [0.15, 0.2) is 70.5 Å². The van der Waals surface area contributed by atoms with E-state index in [0.717, 1.165) is 14.9 Å². The van der Waals surface area contributed by atoms with Crippen LogP contribution in [0.3, 0.4) is 0 Å². The third-order valence-corrected chi connectivity index (χ3v) is 6.44. The Hall–Kier alpha value is -2.77. The second-order valence-corrected chi connectivity index (χ2v) is 9.09. The molecule has 0 N–H and O–H groups in total. The zero-order valence-electron chi connectivity index (χ0n) is 16.2. The number of carbonyl (C=O) groups excluding carboxylic acids is 3. The molecule has 0 saturated carbocycles. The van der Waals surface area contributed by atoms with E-state index in [2.05, 4.69) is 15.9 Å². The SMILES string of the molecule is Cc1ccc(C(=O)N(Cc2cccs2)C2CC(=O)N(c3ccc(Br)cc3)C2=O)cc1. The molecule has 7 heteroatoms. The van der Waals surface area contributed by atoms with Crippen LogP contribution in [0.25, 0.3) is 0 Å². The third-order valence-electron chi connectivity index (χ3n) is 5.05. The van der Waals surface area contributed by atoms with Gasteiger partial charge in [-0.05, 0) is 54.8 Å². The van der Waals surface area contributed by atoms with E-state index in [1.165, 1.54) is 21.1 Å². The molecule has 1 unspecified atom stereocenters. The topological polar surface area (TPSA) is 57.7 Å². The number of rotatable bonds is 5. The molecule has 1 fully saturated rings. The highest BCUT2D eigenvalue weighted by molar-refractivity contribution is 9.10. The van der Waals surface area contributed by atoms with Gasteiger partial charge >= 0.3 is 0 Å². The molecule has 0 spiro atoms. The Morgan fingerprint density at radius 2 is 1.80 bits per heavy atom. The van der Waals surface area contributed by atoms with Crippen molar-refractivity contribution >= 4 is 50.7 Å². The zero-order chi connectivity index (χ0) is 21.3. The van der Waals surface area contributed by atoms with Crippen LogP contribution in [0.4, 0.5) is 5.69 Å². The fraction of sp³-hybridized carbons (Fsp3) is 0.174. The largest absolute Gasteiger partial charge is 0.321 e. The summed E-state index contributed by atoms with van der Waals surface area (Å²) in [6, 6.07) is 17.2. The number of hydrogen-bond acceptors (Lipinski definition) is 4. The first-order chi connectivity index (χ1) is 14.4. The maximum Gasteiger partial charge on any atom is 0.257 e. The minimum Gasteiger partial charge on any atom is -0.321 e. The molecule has 3 amide bonds. The van der Waals surface area contributed by atoms with Gasteiger partial charge in [0.25, 0.3) is 11.8 Å². The Morgan fingerprint density at radius 3 is 2.43 bits per heavy atom. The Morgan fingerprint density at radius 1 is 1.10 bits per heavy atom. The average Bonchev–Trinajstić information content (AvgIpc) is 3.35. The van der Waals surface area contributed by atoms with Gasteiger partial charge in [0.05, 0.1) is 18.7 Å². The third kappa shape index (κ3) is 4.08. The van der Waals surface area contributed by atoms with Gasteiger partial charge < -0.3 is 4.90 Å². The monoisotopic (exact) mass is 482 g/mol. The number of amides is 3. The smallest absolute Gasteiger partial charge is 0.257 e. The first-order valence-corrected chi connectivity index (χ1v) is 11.1. The molecule has 30 heavy (non-hydrogen) atoms. The summed E-state index contributed by atoms with van der Waals surface area (Å²) in [6.45, 7) is 2.23. The molecular formula is C23H19BrN2O3S. The molecule has 5 nitrogen and oxygen atoms in total. The minimum absolute atomic E-state index is 0.0299. The van der Waals surface area contributed by atoms with E-state index in [0.29, 0.717) is 11.3 Å². The molecule has 0 radical (unpaired) electrons. The molecule has 1 saturated heterocycles. The van der Waals surface area contributed by atoms with Crippen molar-refractivity contribution in [2.45, 2.75) is 25.9 Å². The average molecular weight is 483 g/mol. The Labute approximate surface area is 187 Å². The van der Waals surface area contributed by atoms with Gasteiger partial charge in [0.1, 0.15) is 6.04 Å². The van der Waals surface area contributed by atoms with Crippen molar-refractivity contribution in [3.05, 3.63) is 86.5 Å². The molecule has 1 aliphatic rings. The van der Waals surface area contributed by atoms with Crippen LogP contribution in [0.5, 0.6) is 0 Å². The Kier molecular flexibility index (Phi) is 5.83. The molecule has 1 aromatic heterocycles. The normalized spacial score (nSPS) is 16.2. The summed E-state index contributed by atoms with van der Waals surface area (Å²) in [6.07, 6.45) is -0.0299. The molecule has 3 aromatic rings. The highest BCUT2D eigenvalue weighted by Gasteiger charge is 2.44. The first kappa shape index (κ1) is 20.5. The van der Waals surface area contributed by atoms with Crippen LogP contribution in [0, 0.1) is 6.92 Å². The van der Waals surface area contributed by atoms with Crippen LogP contribution < -0.4 is 4.90 Å². The van der Waals surface area contributed by atoms with Crippen molar-refractivity contribution < 1.29 is 14.4 Å². The predicted octanol–water partition coefficient (Wildman–Crippen LogP) is 4.79. The summed E-state index contributed by atoms with van der Waals surface area (Å²) >= 11 is 4.88. The van der Waals surface area contributed by atoms with E-state index in [9.17, 15) is 14.4 Å². The summed E-state index contributed by atoms with van der Waals surface area (Å²) in [5.41, 5.74) is 2.05. The van der Waals surface area contributed by atoms with E-state index in [4.69, 9.17) is 0 Å². The number of hydrogen-bond donors (Lipinski definition) is 0. The number of anilines is 1. The highest BCUT2D eigenvalue weighted by Crippen LogP contribution is 2.29. The molecule has 0 bridgehead atoms. The van der Waals surface area contributed by atoms with Gasteiger partial charge in [0, 0.05) is 14.9 Å². The Bertz CT molecular complexity index is 1080. The molecule has 1 aliphatic heterocycles. The maximum atomic E-state index is 13.4. The molecular weight excluding hydrogens is 464 g/mol. The number of carbonyl (C=O) groups is 3. The lowest BCUT2D eigenvalue weighted by Gasteiger charge is -2.27.